The fourth-order valence-corrected chi connectivity index (χ4v) is 3.69. The summed E-state index contributed by atoms with van der Waals surface area (Å²) in [6, 6.07) is 10.8. The van der Waals surface area contributed by atoms with Gasteiger partial charge >= 0.3 is 0 Å². The number of aryl methyl sites for hydroxylation is 1. The molecule has 2 aromatic heterocycles. The first-order valence-electron chi connectivity index (χ1n) is 13.2. The predicted octanol–water partition coefficient (Wildman–Crippen LogP) is 4.49. The second kappa shape index (κ2) is 13.1. The highest BCUT2D eigenvalue weighted by molar-refractivity contribution is 6.04. The zero-order chi connectivity index (χ0) is 30.3. The largest absolute Gasteiger partial charge is 0.368 e. The molecule has 0 spiro atoms. The molecule has 1 aromatic carbocycles. The summed E-state index contributed by atoms with van der Waals surface area (Å²) >= 11 is 0. The van der Waals surface area contributed by atoms with Gasteiger partial charge in [-0.15, -0.1) is 0 Å². The number of nitrogens with one attached hydrogen (secondary N) is 4. The fraction of sp³-hybridized carbons (Fsp3) is 0.300. The number of anilines is 4. The Labute approximate surface area is 241 Å². The Bertz CT molecular complexity index is 1460. The summed E-state index contributed by atoms with van der Waals surface area (Å²) in [5.74, 6) is 7.17. The Morgan fingerprint density at radius 1 is 1.05 bits per heavy atom. The molecule has 0 aliphatic heterocycles. The lowest BCUT2D eigenvalue weighted by atomic mass is 9.91. The number of hydrazine groups is 1. The molecule has 2 amide bonds. The molecular weight excluding hydrogens is 518 g/mol. The van der Waals surface area contributed by atoms with Crippen LogP contribution in [0.5, 0.6) is 0 Å². The molecule has 0 bridgehead atoms. The van der Waals surface area contributed by atoms with E-state index in [2.05, 4.69) is 42.8 Å². The van der Waals surface area contributed by atoms with Crippen molar-refractivity contribution in [1.29, 1.82) is 0 Å². The SMILES string of the molecule is C=C(/C=C(/Nc1cc(NC(=O)c2ccnc(C(C)(C)C)c2)ccc1C)N(N)c1cc(NC(C)C)ncn1)C(=O)NC. The monoisotopic (exact) mass is 557 g/mol. The fourth-order valence-electron chi connectivity index (χ4n) is 3.69. The van der Waals surface area contributed by atoms with Crippen molar-refractivity contribution < 1.29 is 9.59 Å². The highest BCUT2D eigenvalue weighted by Gasteiger charge is 2.18. The molecule has 0 saturated heterocycles. The molecule has 0 radical (unpaired) electrons. The van der Waals surface area contributed by atoms with Gasteiger partial charge in [-0.3, -0.25) is 14.6 Å². The molecule has 11 nitrogen and oxygen atoms in total. The average Bonchev–Trinajstić information content (AvgIpc) is 2.92. The number of rotatable bonds is 10. The van der Waals surface area contributed by atoms with Crippen LogP contribution in [0.4, 0.5) is 23.0 Å². The minimum Gasteiger partial charge on any atom is -0.368 e. The summed E-state index contributed by atoms with van der Waals surface area (Å²) in [5.41, 5.74) is 3.39. The van der Waals surface area contributed by atoms with Crippen LogP contribution in [-0.4, -0.2) is 39.9 Å². The second-order valence-electron chi connectivity index (χ2n) is 10.9. The lowest BCUT2D eigenvalue weighted by Crippen LogP contribution is -2.35. The van der Waals surface area contributed by atoms with Gasteiger partial charge in [-0.25, -0.2) is 20.8 Å². The van der Waals surface area contributed by atoms with E-state index in [1.54, 1.807) is 30.5 Å². The summed E-state index contributed by atoms with van der Waals surface area (Å²) in [6.07, 6.45) is 4.56. The number of carbonyl (C=O) groups is 2. The summed E-state index contributed by atoms with van der Waals surface area (Å²) in [5, 5.41) is 13.3. The van der Waals surface area contributed by atoms with Crippen molar-refractivity contribution in [1.82, 2.24) is 20.3 Å². The van der Waals surface area contributed by atoms with Gasteiger partial charge in [0, 0.05) is 59.0 Å². The zero-order valence-corrected chi connectivity index (χ0v) is 24.7. The summed E-state index contributed by atoms with van der Waals surface area (Å²) in [6.45, 7) is 15.9. The number of hydrogen-bond acceptors (Lipinski definition) is 9. The normalized spacial score (nSPS) is 11.6. The molecule has 41 heavy (non-hydrogen) atoms. The summed E-state index contributed by atoms with van der Waals surface area (Å²) in [4.78, 5) is 38.3. The summed E-state index contributed by atoms with van der Waals surface area (Å²) in [7, 11) is 1.52. The van der Waals surface area contributed by atoms with Crippen molar-refractivity contribution in [3.8, 4) is 0 Å². The van der Waals surface area contributed by atoms with Crippen LogP contribution in [0.1, 0.15) is 56.2 Å². The molecule has 0 aliphatic rings. The van der Waals surface area contributed by atoms with Gasteiger partial charge in [0.05, 0.1) is 0 Å². The molecule has 3 aromatic rings. The van der Waals surface area contributed by atoms with Crippen molar-refractivity contribution in [2.45, 2.75) is 53.0 Å². The van der Waals surface area contributed by atoms with E-state index in [9.17, 15) is 9.59 Å². The standard InChI is InChI=1S/C30H39N9O2/c1-18(2)36-25-16-26(35-17-34-25)39(31)27(13-20(4)28(40)32-8)38-23-15-22(10-9-19(23)3)37-29(41)21-11-12-33-24(14-21)30(5,6)7/h9-18,38H,4,31H2,1-3,5-8H3,(H,32,40)(H,37,41)(H,34,35,36)/b27-13-. The molecule has 0 fully saturated rings. The second-order valence-corrected chi connectivity index (χ2v) is 10.9. The van der Waals surface area contributed by atoms with Gasteiger partial charge in [-0.2, -0.15) is 0 Å². The van der Waals surface area contributed by atoms with Crippen LogP contribution in [0.2, 0.25) is 0 Å². The number of nitrogens with two attached hydrogens (primary N) is 1. The Balaban J connectivity index is 1.93. The van der Waals surface area contributed by atoms with Crippen molar-refractivity contribution in [3.63, 3.8) is 0 Å². The molecule has 0 saturated carbocycles. The molecule has 2 heterocycles. The number of hydrogen-bond donors (Lipinski definition) is 5. The first-order chi connectivity index (χ1) is 19.3. The smallest absolute Gasteiger partial charge is 0.255 e. The number of nitrogens with zero attached hydrogens (tertiary/aromatic N) is 4. The van der Waals surface area contributed by atoms with Crippen molar-refractivity contribution in [3.05, 3.63) is 89.8 Å². The third-order valence-corrected chi connectivity index (χ3v) is 5.97. The van der Waals surface area contributed by atoms with Crippen LogP contribution >= 0.6 is 0 Å². The van der Waals surface area contributed by atoms with E-state index >= 15 is 0 Å². The number of carbonyl (C=O) groups excluding carboxylic acids is 2. The quantitative estimate of drug-likeness (QED) is 0.105. The number of pyridine rings is 1. The minimum absolute atomic E-state index is 0.151. The molecule has 0 aliphatic carbocycles. The highest BCUT2D eigenvalue weighted by atomic mass is 16.2. The van der Waals surface area contributed by atoms with E-state index in [1.165, 1.54) is 24.5 Å². The average molecular weight is 558 g/mol. The van der Waals surface area contributed by atoms with E-state index in [1.807, 2.05) is 53.7 Å². The minimum atomic E-state index is -0.368. The van der Waals surface area contributed by atoms with Gasteiger partial charge in [0.15, 0.2) is 5.82 Å². The van der Waals surface area contributed by atoms with E-state index in [0.717, 1.165) is 11.3 Å². The van der Waals surface area contributed by atoms with E-state index in [4.69, 9.17) is 5.84 Å². The van der Waals surface area contributed by atoms with Gasteiger partial charge in [0.25, 0.3) is 11.8 Å². The lowest BCUT2D eigenvalue weighted by Gasteiger charge is -2.24. The third-order valence-electron chi connectivity index (χ3n) is 5.97. The Morgan fingerprint density at radius 2 is 1.78 bits per heavy atom. The van der Waals surface area contributed by atoms with Gasteiger partial charge < -0.3 is 21.3 Å². The highest BCUT2D eigenvalue weighted by Crippen LogP contribution is 2.26. The van der Waals surface area contributed by atoms with Gasteiger partial charge in [0.1, 0.15) is 18.0 Å². The maximum atomic E-state index is 13.1. The number of amides is 2. The Kier molecular flexibility index (Phi) is 9.80. The first kappa shape index (κ1) is 30.8. The van der Waals surface area contributed by atoms with E-state index in [-0.39, 0.29) is 28.8 Å². The number of likely N-dealkylation sites (N-methyl/N-ethyl adjacent to an activating group) is 1. The zero-order valence-electron chi connectivity index (χ0n) is 24.7. The molecule has 6 N–H and O–H groups in total. The molecule has 216 valence electrons. The molecule has 3 rings (SSSR count). The van der Waals surface area contributed by atoms with Crippen LogP contribution < -0.4 is 32.1 Å². The van der Waals surface area contributed by atoms with Gasteiger partial charge in [-0.1, -0.05) is 33.4 Å². The van der Waals surface area contributed by atoms with Crippen LogP contribution in [0.25, 0.3) is 0 Å². The van der Waals surface area contributed by atoms with Crippen molar-refractivity contribution >= 4 is 34.8 Å². The van der Waals surface area contributed by atoms with E-state index < -0.39 is 0 Å². The van der Waals surface area contributed by atoms with Crippen molar-refractivity contribution in [2.24, 2.45) is 5.84 Å². The predicted molar refractivity (Wildman–Crippen MR) is 164 cm³/mol. The topological polar surface area (TPSA) is 150 Å². The molecule has 0 unspecified atom stereocenters. The van der Waals surface area contributed by atoms with E-state index in [0.29, 0.717) is 34.4 Å². The van der Waals surface area contributed by atoms with Crippen LogP contribution in [0.15, 0.2) is 73.0 Å². The molecule has 11 heteroatoms. The number of benzene rings is 1. The van der Waals surface area contributed by atoms with Gasteiger partial charge in [-0.05, 0) is 56.7 Å². The molecule has 0 atom stereocenters. The lowest BCUT2D eigenvalue weighted by molar-refractivity contribution is -0.116. The first-order valence-corrected chi connectivity index (χ1v) is 13.2. The molecular formula is C30H39N9O2. The maximum Gasteiger partial charge on any atom is 0.255 e. The van der Waals surface area contributed by atoms with Crippen LogP contribution in [0.3, 0.4) is 0 Å². The maximum absolute atomic E-state index is 13.1. The van der Waals surface area contributed by atoms with Gasteiger partial charge in [0.2, 0.25) is 0 Å². The Hall–Kier alpha value is -4.77. The summed E-state index contributed by atoms with van der Waals surface area (Å²) < 4.78 is 0. The van der Waals surface area contributed by atoms with Crippen LogP contribution in [-0.2, 0) is 10.2 Å². The number of aromatic nitrogens is 3. The Morgan fingerprint density at radius 3 is 2.44 bits per heavy atom. The third kappa shape index (κ3) is 8.36. The van der Waals surface area contributed by atoms with Crippen LogP contribution in [0, 0.1) is 6.92 Å². The van der Waals surface area contributed by atoms with Crippen molar-refractivity contribution in [2.75, 3.05) is 28.0 Å².